The first-order chi connectivity index (χ1) is 22.6. The van der Waals surface area contributed by atoms with E-state index in [4.69, 9.17) is 9.47 Å². The van der Waals surface area contributed by atoms with Gasteiger partial charge >= 0.3 is 0 Å². The SMILES string of the molecule is CC(C)(CCCCC1C=CC(P(c2ccccc2)c2ccccc2)=C1P(c1ccccc1)c1ccccc1)CCC1OCCCO1. The Morgan fingerprint density at radius 2 is 1.07 bits per heavy atom. The van der Waals surface area contributed by atoms with Gasteiger partial charge in [-0.2, -0.15) is 0 Å². The van der Waals surface area contributed by atoms with Gasteiger partial charge in [-0.1, -0.05) is 160 Å². The molecule has 0 N–H and O–H groups in total. The van der Waals surface area contributed by atoms with Crippen LogP contribution in [0.25, 0.3) is 0 Å². The van der Waals surface area contributed by atoms with Crippen LogP contribution in [0.3, 0.4) is 0 Å². The van der Waals surface area contributed by atoms with Crippen LogP contribution in [0.15, 0.2) is 144 Å². The molecule has 0 amide bonds. The Morgan fingerprint density at radius 1 is 0.587 bits per heavy atom. The Morgan fingerprint density at radius 3 is 1.57 bits per heavy atom. The number of allylic oxidation sites excluding steroid dienone is 4. The predicted octanol–water partition coefficient (Wildman–Crippen LogP) is 9.78. The largest absolute Gasteiger partial charge is 0.353 e. The van der Waals surface area contributed by atoms with Crippen LogP contribution < -0.4 is 21.2 Å². The maximum absolute atomic E-state index is 5.84. The first-order valence-corrected chi connectivity index (χ1v) is 19.7. The van der Waals surface area contributed by atoms with Crippen LogP contribution in [0.4, 0.5) is 0 Å². The van der Waals surface area contributed by atoms with Gasteiger partial charge < -0.3 is 9.47 Å². The molecule has 2 nitrogen and oxygen atoms in total. The number of hydrogen-bond acceptors (Lipinski definition) is 2. The van der Waals surface area contributed by atoms with Crippen molar-refractivity contribution in [2.24, 2.45) is 11.3 Å². The molecule has 2 aliphatic rings. The van der Waals surface area contributed by atoms with Gasteiger partial charge in [-0.15, -0.1) is 0 Å². The average Bonchev–Trinajstić information content (AvgIpc) is 3.51. The maximum atomic E-state index is 5.84. The van der Waals surface area contributed by atoms with Crippen LogP contribution in [0, 0.1) is 11.3 Å². The number of benzene rings is 4. The van der Waals surface area contributed by atoms with Crippen LogP contribution in [0.5, 0.6) is 0 Å². The predicted molar refractivity (Wildman–Crippen MR) is 200 cm³/mol. The molecule has 1 heterocycles. The van der Waals surface area contributed by atoms with Crippen molar-refractivity contribution in [3.05, 3.63) is 144 Å². The first kappa shape index (κ1) is 33.1. The minimum absolute atomic E-state index is 0.0119. The lowest BCUT2D eigenvalue weighted by Crippen LogP contribution is -2.26. The molecule has 1 aliphatic heterocycles. The quantitative estimate of drug-likeness (QED) is 0.100. The molecule has 4 aromatic carbocycles. The summed E-state index contributed by atoms with van der Waals surface area (Å²) in [6.07, 6.45) is 13.1. The van der Waals surface area contributed by atoms with Crippen LogP contribution in [0.1, 0.15) is 58.8 Å². The molecule has 1 atom stereocenters. The minimum Gasteiger partial charge on any atom is -0.353 e. The Labute approximate surface area is 279 Å². The van der Waals surface area contributed by atoms with Gasteiger partial charge in [-0.05, 0) is 85.2 Å². The highest BCUT2D eigenvalue weighted by Crippen LogP contribution is 2.60. The van der Waals surface area contributed by atoms with E-state index in [9.17, 15) is 0 Å². The number of rotatable bonds is 14. The molecule has 1 fully saturated rings. The molecule has 1 unspecified atom stereocenters. The van der Waals surface area contributed by atoms with Crippen molar-refractivity contribution in [3.63, 3.8) is 0 Å². The highest BCUT2D eigenvalue weighted by Gasteiger charge is 2.34. The van der Waals surface area contributed by atoms with E-state index in [2.05, 4.69) is 147 Å². The molecule has 0 radical (unpaired) electrons. The lowest BCUT2D eigenvalue weighted by Gasteiger charge is -2.30. The molecule has 4 heteroatoms. The molecule has 0 saturated carbocycles. The van der Waals surface area contributed by atoms with Gasteiger partial charge in [-0.25, -0.2) is 0 Å². The fraction of sp³-hybridized carbons (Fsp3) is 0.333. The summed E-state index contributed by atoms with van der Waals surface area (Å²) in [7, 11) is -1.39. The second-order valence-electron chi connectivity index (χ2n) is 13.2. The van der Waals surface area contributed by atoms with E-state index in [1.165, 1.54) is 46.9 Å². The molecular weight excluding hydrogens is 598 g/mol. The highest BCUT2D eigenvalue weighted by atomic mass is 31.1. The van der Waals surface area contributed by atoms with Gasteiger partial charge in [0.25, 0.3) is 0 Å². The summed E-state index contributed by atoms with van der Waals surface area (Å²) in [5.74, 6) is 0.436. The second-order valence-corrected chi connectivity index (χ2v) is 17.6. The summed E-state index contributed by atoms with van der Waals surface area (Å²) in [5.41, 5.74) is 0.287. The Kier molecular flexibility index (Phi) is 11.7. The lowest BCUT2D eigenvalue weighted by molar-refractivity contribution is -0.184. The topological polar surface area (TPSA) is 18.5 Å². The average molecular weight is 647 g/mol. The highest BCUT2D eigenvalue weighted by molar-refractivity contribution is 7.80. The van der Waals surface area contributed by atoms with E-state index < -0.39 is 15.8 Å². The third kappa shape index (κ3) is 8.53. The zero-order chi connectivity index (χ0) is 31.6. The molecule has 1 aliphatic carbocycles. The van der Waals surface area contributed by atoms with Crippen molar-refractivity contribution >= 4 is 37.1 Å². The van der Waals surface area contributed by atoms with E-state index in [1.54, 1.807) is 10.6 Å². The molecule has 6 rings (SSSR count). The number of ether oxygens (including phenoxy) is 2. The normalized spacial score (nSPS) is 17.3. The van der Waals surface area contributed by atoms with Gasteiger partial charge in [0, 0.05) is 5.92 Å². The van der Waals surface area contributed by atoms with Crippen molar-refractivity contribution in [2.45, 2.75) is 65.1 Å². The summed E-state index contributed by atoms with van der Waals surface area (Å²) in [5, 5.41) is 8.92. The van der Waals surface area contributed by atoms with Crippen molar-refractivity contribution in [3.8, 4) is 0 Å². The van der Waals surface area contributed by atoms with Crippen LogP contribution in [0.2, 0.25) is 0 Å². The van der Waals surface area contributed by atoms with Gasteiger partial charge in [0.2, 0.25) is 0 Å². The van der Waals surface area contributed by atoms with Gasteiger partial charge in [0.05, 0.1) is 13.2 Å². The van der Waals surface area contributed by atoms with E-state index in [0.29, 0.717) is 5.92 Å². The Bertz CT molecular complexity index is 1470. The summed E-state index contributed by atoms with van der Waals surface area (Å²) in [6, 6.07) is 45.0. The summed E-state index contributed by atoms with van der Waals surface area (Å²) >= 11 is 0. The molecule has 4 aromatic rings. The number of hydrogen-bond donors (Lipinski definition) is 0. The standard InChI is InChI=1S/C42H48O2P2/c1-42(2,31-29-40-43-32-17-33-44-40)30-16-15-18-34-27-28-39(45(35-19-7-3-8-20-35)36-21-9-4-10-22-36)41(34)46(37-23-11-5-12-24-37)38-25-13-6-14-26-38/h3-14,19-28,34,40H,15-18,29-33H2,1-2H3. The van der Waals surface area contributed by atoms with Crippen molar-refractivity contribution < 1.29 is 9.47 Å². The molecule has 0 bridgehead atoms. The minimum atomic E-state index is -0.695. The fourth-order valence-corrected chi connectivity index (χ4v) is 12.4. The molecule has 238 valence electrons. The summed E-state index contributed by atoms with van der Waals surface area (Å²) in [4.78, 5) is 0. The van der Waals surface area contributed by atoms with Crippen LogP contribution in [-0.4, -0.2) is 19.5 Å². The number of unbranched alkanes of at least 4 members (excludes halogenated alkanes) is 1. The third-order valence-electron chi connectivity index (χ3n) is 9.21. The fourth-order valence-electron chi connectivity index (χ4n) is 6.74. The van der Waals surface area contributed by atoms with E-state index in [0.717, 1.165) is 32.5 Å². The zero-order valence-electron chi connectivity index (χ0n) is 27.4. The van der Waals surface area contributed by atoms with E-state index in [-0.39, 0.29) is 11.7 Å². The van der Waals surface area contributed by atoms with Crippen molar-refractivity contribution in [2.75, 3.05) is 13.2 Å². The lowest BCUT2D eigenvalue weighted by atomic mass is 9.82. The van der Waals surface area contributed by atoms with Crippen molar-refractivity contribution in [1.82, 2.24) is 0 Å². The summed E-state index contributed by atoms with van der Waals surface area (Å²) in [6.45, 7) is 6.52. The van der Waals surface area contributed by atoms with Crippen LogP contribution in [-0.2, 0) is 9.47 Å². The third-order valence-corrected chi connectivity index (χ3v) is 14.6. The van der Waals surface area contributed by atoms with Gasteiger partial charge in [0.1, 0.15) is 0 Å². The molecule has 0 spiro atoms. The molecular formula is C42H48O2P2. The molecule has 1 saturated heterocycles. The van der Waals surface area contributed by atoms with E-state index >= 15 is 0 Å². The molecule has 0 aromatic heterocycles. The maximum Gasteiger partial charge on any atom is 0.157 e. The monoisotopic (exact) mass is 646 g/mol. The van der Waals surface area contributed by atoms with Crippen LogP contribution >= 0.6 is 15.8 Å². The second kappa shape index (κ2) is 16.3. The van der Waals surface area contributed by atoms with Crippen molar-refractivity contribution in [1.29, 1.82) is 0 Å². The van der Waals surface area contributed by atoms with E-state index in [1.807, 2.05) is 0 Å². The zero-order valence-corrected chi connectivity index (χ0v) is 29.2. The first-order valence-electron chi connectivity index (χ1n) is 17.1. The van der Waals surface area contributed by atoms with Gasteiger partial charge in [0.15, 0.2) is 6.29 Å². The summed E-state index contributed by atoms with van der Waals surface area (Å²) < 4.78 is 11.7. The Balaban J connectivity index is 1.30. The molecule has 46 heavy (non-hydrogen) atoms. The smallest absolute Gasteiger partial charge is 0.157 e. The Hall–Kier alpha value is -2.86. The van der Waals surface area contributed by atoms with Gasteiger partial charge in [-0.3, -0.25) is 0 Å².